The molecule has 206 valence electrons. The van der Waals surface area contributed by atoms with Gasteiger partial charge in [-0.25, -0.2) is 0 Å². The van der Waals surface area contributed by atoms with Gasteiger partial charge in [-0.2, -0.15) is 0 Å². The van der Waals surface area contributed by atoms with Crippen molar-refractivity contribution in [2.24, 2.45) is 17.8 Å². The van der Waals surface area contributed by atoms with Crippen molar-refractivity contribution in [3.63, 3.8) is 0 Å². The van der Waals surface area contributed by atoms with Crippen LogP contribution in [0.2, 0.25) is 4.82 Å². The van der Waals surface area contributed by atoms with Crippen LogP contribution in [0.3, 0.4) is 0 Å². The van der Waals surface area contributed by atoms with Crippen molar-refractivity contribution < 1.29 is 23.9 Å². The molecule has 0 heterocycles. The Morgan fingerprint density at radius 1 is 1.05 bits per heavy atom. The number of rotatable bonds is 17. The maximum atomic E-state index is 12.5. The van der Waals surface area contributed by atoms with Crippen molar-refractivity contribution in [3.05, 3.63) is 42.5 Å². The van der Waals surface area contributed by atoms with Crippen LogP contribution >= 0.6 is 0 Å². The first-order valence-corrected chi connectivity index (χ1v) is 15.9. The van der Waals surface area contributed by atoms with E-state index in [4.69, 9.17) is 9.47 Å². The summed E-state index contributed by atoms with van der Waals surface area (Å²) in [7, 11) is 1.47. The molecule has 1 unspecified atom stereocenters. The van der Waals surface area contributed by atoms with Gasteiger partial charge in [-0.3, -0.25) is 0 Å². The van der Waals surface area contributed by atoms with Gasteiger partial charge in [-0.05, 0) is 5.92 Å². The Kier molecular flexibility index (Phi) is 14.9. The van der Waals surface area contributed by atoms with E-state index < -0.39 is 0 Å². The Morgan fingerprint density at radius 2 is 1.81 bits per heavy atom. The predicted molar refractivity (Wildman–Crippen MR) is 150 cm³/mol. The van der Waals surface area contributed by atoms with Crippen LogP contribution in [-0.2, 0) is 23.9 Å². The third kappa shape index (κ3) is 12.0. The third-order valence-corrected chi connectivity index (χ3v) is 9.89. The average Bonchev–Trinajstić information content (AvgIpc) is 3.25. The molecule has 0 amide bonds. The minimum atomic E-state index is -0.232. The van der Waals surface area contributed by atoms with Crippen LogP contribution in [0.15, 0.2) is 42.5 Å². The van der Waals surface area contributed by atoms with Crippen LogP contribution in [0, 0.1) is 17.8 Å². The quantitative estimate of drug-likeness (QED) is 0.0951. The van der Waals surface area contributed by atoms with Gasteiger partial charge in [-0.1, -0.05) is 33.1 Å². The summed E-state index contributed by atoms with van der Waals surface area (Å²) in [6, 6.07) is 10.2. The number of ketones is 1. The molecular formula is C31H46O5Se. The molecule has 0 spiro atoms. The van der Waals surface area contributed by atoms with E-state index in [-0.39, 0.29) is 55.4 Å². The topological polar surface area (TPSA) is 69.7 Å². The third-order valence-electron chi connectivity index (χ3n) is 7.25. The minimum absolute atomic E-state index is 0.0523. The van der Waals surface area contributed by atoms with Gasteiger partial charge in [0.2, 0.25) is 0 Å². The molecule has 0 aromatic heterocycles. The molecule has 6 heteroatoms. The Morgan fingerprint density at radius 3 is 2.49 bits per heavy atom. The zero-order valence-electron chi connectivity index (χ0n) is 23.2. The number of unbranched alkanes of at least 4 members (excludes halogenated alkanes) is 3. The van der Waals surface area contributed by atoms with E-state index >= 15 is 0 Å². The molecule has 5 atom stereocenters. The fourth-order valence-corrected chi connectivity index (χ4v) is 7.61. The van der Waals surface area contributed by atoms with E-state index in [0.29, 0.717) is 12.3 Å². The van der Waals surface area contributed by atoms with E-state index in [1.807, 2.05) is 18.2 Å². The van der Waals surface area contributed by atoms with Crippen molar-refractivity contribution in [2.75, 3.05) is 7.11 Å². The molecule has 1 fully saturated rings. The van der Waals surface area contributed by atoms with Gasteiger partial charge in [0, 0.05) is 0 Å². The van der Waals surface area contributed by atoms with Crippen molar-refractivity contribution in [1.29, 1.82) is 0 Å². The summed E-state index contributed by atoms with van der Waals surface area (Å²) in [5.74, 6) is 0.784. The maximum absolute atomic E-state index is 12.5. The van der Waals surface area contributed by atoms with Crippen LogP contribution in [0.4, 0.5) is 0 Å². The molecule has 1 aliphatic rings. The predicted octanol–water partition coefficient (Wildman–Crippen LogP) is 6.23. The number of carbonyl (C=O) groups is 3. The standard InChI is InChI=1S/C31H46O5Se/c1-5-6-13-23(2)22-26(33)20-18-25-19-21-29(36-24(3)32)28(25)16-11-8-12-17-30(31(34)35-4)37-27-14-9-7-10-15-27/h7,9-10,14-15,18,20,23,25,28-30H,5-6,8,11-13,16-17,19,21-22H2,1-4H3/b20-18+/t23-,25-,28+,29-,30?/m0/s1. The molecular weight excluding hydrogens is 531 g/mol. The molecule has 5 nitrogen and oxygen atoms in total. The summed E-state index contributed by atoms with van der Waals surface area (Å²) in [5, 5.41) is 0. The number of hydrogen-bond acceptors (Lipinski definition) is 5. The van der Waals surface area contributed by atoms with Gasteiger partial charge in [0.25, 0.3) is 0 Å². The molecule has 0 bridgehead atoms. The Balaban J connectivity index is 1.86. The van der Waals surface area contributed by atoms with Crippen LogP contribution in [-0.4, -0.2) is 45.9 Å². The summed E-state index contributed by atoms with van der Waals surface area (Å²) in [6.45, 7) is 5.81. The number of benzene rings is 1. The van der Waals surface area contributed by atoms with Gasteiger partial charge >= 0.3 is 192 Å². The Hall–Kier alpha value is -1.91. The van der Waals surface area contributed by atoms with Gasteiger partial charge in [0.05, 0.1) is 0 Å². The Labute approximate surface area is 230 Å². The van der Waals surface area contributed by atoms with E-state index in [0.717, 1.165) is 57.8 Å². The van der Waals surface area contributed by atoms with Gasteiger partial charge in [-0.15, -0.1) is 0 Å². The van der Waals surface area contributed by atoms with Gasteiger partial charge in [0.15, 0.2) is 0 Å². The average molecular weight is 578 g/mol. The fourth-order valence-electron chi connectivity index (χ4n) is 5.26. The second kappa shape index (κ2) is 17.6. The summed E-state index contributed by atoms with van der Waals surface area (Å²) in [5.41, 5.74) is 0. The van der Waals surface area contributed by atoms with Gasteiger partial charge < -0.3 is 0 Å². The van der Waals surface area contributed by atoms with Crippen molar-refractivity contribution >= 4 is 37.1 Å². The van der Waals surface area contributed by atoms with E-state index in [1.54, 1.807) is 6.08 Å². The van der Waals surface area contributed by atoms with Gasteiger partial charge in [0.1, 0.15) is 0 Å². The summed E-state index contributed by atoms with van der Waals surface area (Å²) in [6.07, 6.45) is 14.4. The first-order chi connectivity index (χ1) is 17.8. The van der Waals surface area contributed by atoms with E-state index in [2.05, 4.69) is 32.1 Å². The molecule has 0 saturated heterocycles. The van der Waals surface area contributed by atoms with Crippen molar-refractivity contribution in [2.45, 2.75) is 102 Å². The monoisotopic (exact) mass is 578 g/mol. The number of methoxy groups -OCH3 is 1. The first kappa shape index (κ1) is 31.3. The second-order valence-corrected chi connectivity index (χ2v) is 13.1. The molecule has 37 heavy (non-hydrogen) atoms. The molecule has 0 radical (unpaired) electrons. The van der Waals surface area contributed by atoms with Crippen molar-refractivity contribution in [3.8, 4) is 0 Å². The molecule has 1 saturated carbocycles. The number of carbonyl (C=O) groups excluding carboxylic acids is 3. The summed E-state index contributed by atoms with van der Waals surface area (Å²) < 4.78 is 11.9. The molecule has 0 N–H and O–H groups in total. The van der Waals surface area contributed by atoms with Crippen LogP contribution < -0.4 is 4.46 Å². The summed E-state index contributed by atoms with van der Waals surface area (Å²) in [4.78, 5) is 36.5. The molecule has 1 aromatic rings. The molecule has 0 aliphatic heterocycles. The van der Waals surface area contributed by atoms with Crippen molar-refractivity contribution in [1.82, 2.24) is 0 Å². The number of ether oxygens (including phenoxy) is 2. The second-order valence-electron chi connectivity index (χ2n) is 10.4. The fraction of sp³-hybridized carbons (Fsp3) is 0.645. The number of esters is 2. The Bertz CT molecular complexity index is 852. The molecule has 1 aromatic carbocycles. The van der Waals surface area contributed by atoms with E-state index in [9.17, 15) is 14.4 Å². The molecule has 1 aliphatic carbocycles. The van der Waals surface area contributed by atoms with E-state index in [1.165, 1.54) is 24.9 Å². The first-order valence-electron chi connectivity index (χ1n) is 14.0. The van der Waals surface area contributed by atoms with Crippen LogP contribution in [0.25, 0.3) is 0 Å². The van der Waals surface area contributed by atoms with Crippen LogP contribution in [0.1, 0.15) is 91.4 Å². The van der Waals surface area contributed by atoms with Crippen LogP contribution in [0.5, 0.6) is 0 Å². The number of allylic oxidation sites excluding steroid dienone is 2. The summed E-state index contributed by atoms with van der Waals surface area (Å²) >= 11 is 0.0523. The number of hydrogen-bond donors (Lipinski definition) is 0. The molecule has 2 rings (SSSR count). The normalized spacial score (nSPS) is 21.0. The SMILES string of the molecule is CCCC[C@H](C)CC(=O)/C=C/[C@H]1CC[C@H](OC(C)=O)[C@@H]1CCCCCC([Se]c1ccccc1)C(=O)OC. The zero-order valence-corrected chi connectivity index (χ0v) is 24.9. The zero-order chi connectivity index (χ0) is 27.0.